The molecule has 5 aromatic rings. The summed E-state index contributed by atoms with van der Waals surface area (Å²) in [6.45, 7) is 2.17. The van der Waals surface area contributed by atoms with Gasteiger partial charge in [0.15, 0.2) is 0 Å². The van der Waals surface area contributed by atoms with Crippen LogP contribution in [0.15, 0.2) is 85.7 Å². The minimum Gasteiger partial charge on any atom is -0.340 e. The van der Waals surface area contributed by atoms with E-state index >= 15 is 0 Å². The Hall–Kier alpha value is -4.93. The average molecular weight is 791 g/mol. The van der Waals surface area contributed by atoms with E-state index in [-0.39, 0.29) is 40.6 Å². The second kappa shape index (κ2) is 14.6. The smallest absolute Gasteiger partial charge is 0.340 e. The first-order chi connectivity index (χ1) is 26.4. The average Bonchev–Trinajstić information content (AvgIpc) is 3.92. The van der Waals surface area contributed by atoms with Gasteiger partial charge in [0, 0.05) is 67.3 Å². The van der Waals surface area contributed by atoms with Crippen molar-refractivity contribution in [2.24, 2.45) is 0 Å². The molecule has 3 atom stereocenters. The van der Waals surface area contributed by atoms with Gasteiger partial charge in [0.05, 0.1) is 10.6 Å². The number of alkyl halides is 2. The first-order valence-corrected chi connectivity index (χ1v) is 20.2. The van der Waals surface area contributed by atoms with Crippen LogP contribution in [0.25, 0.3) is 15.8 Å². The monoisotopic (exact) mass is 790 g/mol. The first-order valence-electron chi connectivity index (χ1n) is 17.8. The van der Waals surface area contributed by atoms with Gasteiger partial charge in [-0.3, -0.25) is 28.8 Å². The number of carbonyl (C=O) groups excluding carboxylic acids is 3. The number of aromatic nitrogens is 4. The molecule has 2 aromatic carbocycles. The van der Waals surface area contributed by atoms with Gasteiger partial charge in [-0.15, -0.1) is 11.3 Å². The summed E-state index contributed by atoms with van der Waals surface area (Å²) in [6, 6.07) is 14.1. The second-order valence-electron chi connectivity index (χ2n) is 14.2. The quantitative estimate of drug-likeness (QED) is 0.185. The molecule has 3 N–H and O–H groups in total. The van der Waals surface area contributed by atoms with Crippen LogP contribution in [0.2, 0.25) is 0 Å². The van der Waals surface area contributed by atoms with Crippen LogP contribution < -0.4 is 5.32 Å². The zero-order valence-corrected chi connectivity index (χ0v) is 31.0. The Labute approximate surface area is 317 Å². The largest absolute Gasteiger partial charge is 0.399 e. The molecule has 3 aliphatic rings. The number of likely N-dealkylation sites (tertiary alicyclic amines) is 1. The Morgan fingerprint density at radius 2 is 1.82 bits per heavy atom. The minimum absolute atomic E-state index is 0.118. The van der Waals surface area contributed by atoms with E-state index in [0.29, 0.717) is 50.1 Å². The summed E-state index contributed by atoms with van der Waals surface area (Å²) in [6.07, 6.45) is 8.30. The predicted molar refractivity (Wildman–Crippen MR) is 197 cm³/mol. The number of carbonyl (C=O) groups is 3. The van der Waals surface area contributed by atoms with E-state index in [9.17, 15) is 37.5 Å². The van der Waals surface area contributed by atoms with Crippen LogP contribution in [-0.4, -0.2) is 106 Å². The molecule has 8 rings (SSSR count). The van der Waals surface area contributed by atoms with Gasteiger partial charge >= 0.3 is 13.3 Å². The van der Waals surface area contributed by atoms with Crippen molar-refractivity contribution >= 4 is 46.7 Å². The molecule has 0 bridgehead atoms. The SMILES string of the molecule is O=C(N[C@H]1CN(Cc2ccccc2-n2cncn2)CC[C@H]2CC[C@@H](C(=O)N3CC(c4cccnc4)C3)N2C1=O)c1cc2cc(C(F)(F)P(=O)(O)O)ccc2s1. The molecule has 14 nitrogen and oxygen atoms in total. The fourth-order valence-corrected chi connectivity index (χ4v) is 9.23. The maximum absolute atomic E-state index is 14.7. The van der Waals surface area contributed by atoms with Gasteiger partial charge in [-0.1, -0.05) is 30.3 Å². The highest BCUT2D eigenvalue weighted by Gasteiger charge is 2.51. The Balaban J connectivity index is 1.06. The highest BCUT2D eigenvalue weighted by atomic mass is 32.1. The van der Waals surface area contributed by atoms with Crippen LogP contribution in [-0.2, 0) is 26.4 Å². The van der Waals surface area contributed by atoms with Gasteiger partial charge in [0.2, 0.25) is 11.8 Å². The number of fused-ring (bicyclic) bond motifs is 2. The van der Waals surface area contributed by atoms with Gasteiger partial charge in [0.25, 0.3) is 5.91 Å². The van der Waals surface area contributed by atoms with Crippen molar-refractivity contribution in [1.29, 1.82) is 0 Å². The van der Waals surface area contributed by atoms with Crippen molar-refractivity contribution in [1.82, 2.24) is 39.8 Å². The van der Waals surface area contributed by atoms with E-state index in [1.54, 1.807) is 33.2 Å². The number of amides is 3. The maximum Gasteiger partial charge on any atom is 0.399 e. The summed E-state index contributed by atoms with van der Waals surface area (Å²) in [5, 5.41) is 7.39. The number of halogens is 2. The summed E-state index contributed by atoms with van der Waals surface area (Å²) in [4.78, 5) is 75.0. The van der Waals surface area contributed by atoms with Crippen LogP contribution in [0.5, 0.6) is 0 Å². The van der Waals surface area contributed by atoms with Crippen molar-refractivity contribution in [3.8, 4) is 5.69 Å². The minimum atomic E-state index is -5.81. The van der Waals surface area contributed by atoms with E-state index in [0.717, 1.165) is 40.3 Å². The van der Waals surface area contributed by atoms with Crippen molar-refractivity contribution in [2.45, 2.75) is 55.5 Å². The van der Waals surface area contributed by atoms with Crippen molar-refractivity contribution in [2.75, 3.05) is 26.2 Å². The molecule has 0 unspecified atom stereocenters. The summed E-state index contributed by atoms with van der Waals surface area (Å²) in [5.41, 5.74) is -2.49. The number of pyridine rings is 1. The van der Waals surface area contributed by atoms with E-state index in [4.69, 9.17) is 0 Å². The Morgan fingerprint density at radius 3 is 2.56 bits per heavy atom. The number of nitrogens with zero attached hydrogens (tertiary/aromatic N) is 7. The van der Waals surface area contributed by atoms with E-state index in [1.807, 2.05) is 36.4 Å². The lowest BCUT2D eigenvalue weighted by molar-refractivity contribution is -0.150. The van der Waals surface area contributed by atoms with E-state index in [2.05, 4.69) is 25.3 Å². The molecule has 0 aliphatic carbocycles. The van der Waals surface area contributed by atoms with Crippen LogP contribution in [0.1, 0.15) is 51.5 Å². The highest BCUT2D eigenvalue weighted by Crippen LogP contribution is 2.59. The third-order valence-electron chi connectivity index (χ3n) is 10.7. The fourth-order valence-electron chi connectivity index (χ4n) is 7.81. The molecule has 18 heteroatoms. The zero-order valence-electron chi connectivity index (χ0n) is 29.3. The normalized spacial score (nSPS) is 21.2. The third-order valence-corrected chi connectivity index (χ3v) is 12.8. The van der Waals surface area contributed by atoms with Gasteiger partial charge in [-0.25, -0.2) is 9.67 Å². The molecule has 3 fully saturated rings. The molecule has 55 heavy (non-hydrogen) atoms. The zero-order chi connectivity index (χ0) is 38.5. The van der Waals surface area contributed by atoms with Crippen molar-refractivity contribution in [3.05, 3.63) is 107 Å². The molecule has 3 saturated heterocycles. The summed E-state index contributed by atoms with van der Waals surface area (Å²) >= 11 is 1.00. The van der Waals surface area contributed by atoms with Crippen molar-refractivity contribution in [3.63, 3.8) is 0 Å². The van der Waals surface area contributed by atoms with E-state index < -0.39 is 36.8 Å². The van der Waals surface area contributed by atoms with Crippen molar-refractivity contribution < 1.29 is 37.5 Å². The summed E-state index contributed by atoms with van der Waals surface area (Å²) in [7, 11) is -5.81. The second-order valence-corrected chi connectivity index (χ2v) is 16.9. The molecule has 3 amide bonds. The molecule has 0 saturated carbocycles. The van der Waals surface area contributed by atoms with Crippen LogP contribution >= 0.6 is 18.9 Å². The van der Waals surface area contributed by atoms with Gasteiger partial charge < -0.3 is 24.9 Å². The first kappa shape index (κ1) is 37.0. The van der Waals surface area contributed by atoms with Gasteiger partial charge in [-0.2, -0.15) is 13.9 Å². The lowest BCUT2D eigenvalue weighted by Crippen LogP contribution is -2.62. The number of hydrogen-bond acceptors (Lipinski definition) is 9. The number of para-hydroxylation sites is 1. The van der Waals surface area contributed by atoms with Crippen LogP contribution in [0.4, 0.5) is 8.78 Å². The maximum atomic E-state index is 14.7. The molecular weight excluding hydrogens is 753 g/mol. The predicted octanol–water partition coefficient (Wildman–Crippen LogP) is 4.09. The Bertz CT molecular complexity index is 2280. The standard InChI is InChI=1S/C37H37F2N8O6PS/c38-37(39,54(51,52)53)27-7-10-32-25(14-27)15-33(55-32)34(48)43-29-20-44(17-24-4-1-2-6-30(24)46-22-41-21-42-46)13-11-28-8-9-31(47(28)35(29)49)36(50)45-18-26(19-45)23-5-3-12-40-16-23/h1-7,10,12,14-16,21-22,26,28-29,31H,8-9,11,13,17-20H2,(H,43,48)(H2,51,52,53)/t28-,29+,31+/m1/s1. The summed E-state index contributed by atoms with van der Waals surface area (Å²) in [5.74, 6) is -0.948. The Morgan fingerprint density at radius 1 is 1.00 bits per heavy atom. The lowest BCUT2D eigenvalue weighted by atomic mass is 9.92. The topological polar surface area (TPSA) is 174 Å². The fraction of sp³-hybridized carbons (Fsp3) is 0.351. The molecule has 0 radical (unpaired) electrons. The third kappa shape index (κ3) is 7.18. The number of benzene rings is 2. The molecule has 6 heterocycles. The Kier molecular flexibility index (Phi) is 9.84. The van der Waals surface area contributed by atoms with E-state index in [1.165, 1.54) is 18.5 Å². The number of nitrogens with one attached hydrogen (secondary N) is 1. The molecule has 3 aromatic heterocycles. The van der Waals surface area contributed by atoms with Crippen LogP contribution in [0, 0.1) is 0 Å². The van der Waals surface area contributed by atoms with Gasteiger partial charge in [-0.05, 0) is 66.1 Å². The van der Waals surface area contributed by atoms with Crippen LogP contribution in [0.3, 0.4) is 0 Å². The molecular formula is C37H37F2N8O6PS. The highest BCUT2D eigenvalue weighted by molar-refractivity contribution is 7.52. The molecule has 0 spiro atoms. The summed E-state index contributed by atoms with van der Waals surface area (Å²) < 4.78 is 42.7. The lowest BCUT2D eigenvalue weighted by Gasteiger charge is -2.44. The number of thiophene rings is 1. The molecule has 286 valence electrons. The number of hydrogen-bond donors (Lipinski definition) is 3. The van der Waals surface area contributed by atoms with Gasteiger partial charge in [0.1, 0.15) is 24.7 Å². The molecule has 3 aliphatic heterocycles. The number of rotatable bonds is 9.